The van der Waals surface area contributed by atoms with E-state index in [-0.39, 0.29) is 5.91 Å². The number of rotatable bonds is 5. The first-order chi connectivity index (χ1) is 11.3. The average Bonchev–Trinajstić information content (AvgIpc) is 3.08. The number of amides is 1. The van der Waals surface area contributed by atoms with Crippen molar-refractivity contribution in [3.8, 4) is 0 Å². The van der Waals surface area contributed by atoms with Crippen LogP contribution in [0.15, 0.2) is 35.8 Å². The van der Waals surface area contributed by atoms with Gasteiger partial charge < -0.3 is 10.2 Å². The maximum atomic E-state index is 12.0. The van der Waals surface area contributed by atoms with E-state index in [1.165, 1.54) is 19.3 Å². The highest BCUT2D eigenvalue weighted by molar-refractivity contribution is 7.10. The van der Waals surface area contributed by atoms with Crippen LogP contribution >= 0.6 is 11.3 Å². The van der Waals surface area contributed by atoms with Crippen LogP contribution in [0.2, 0.25) is 0 Å². The minimum atomic E-state index is 0.00593. The monoisotopic (exact) mass is 329 g/mol. The lowest BCUT2D eigenvalue weighted by Crippen LogP contribution is -2.39. The predicted molar refractivity (Wildman–Crippen MR) is 96.2 cm³/mol. The molecule has 1 N–H and O–H groups in total. The molecule has 5 heteroatoms. The third-order valence-electron chi connectivity index (χ3n) is 4.34. The van der Waals surface area contributed by atoms with Gasteiger partial charge in [0.2, 0.25) is 5.91 Å². The fraction of sp³-hybridized carbons (Fsp3) is 0.444. The Balaban J connectivity index is 1.61. The summed E-state index contributed by atoms with van der Waals surface area (Å²) in [4.78, 5) is 20.1. The number of anilines is 2. The van der Waals surface area contributed by atoms with E-state index in [0.29, 0.717) is 12.5 Å². The molecule has 122 valence electrons. The zero-order chi connectivity index (χ0) is 16.1. The van der Waals surface area contributed by atoms with Crippen molar-refractivity contribution in [3.05, 3.63) is 40.7 Å². The van der Waals surface area contributed by atoms with Crippen LogP contribution in [0, 0.1) is 0 Å². The van der Waals surface area contributed by atoms with Crippen molar-refractivity contribution < 1.29 is 4.79 Å². The molecule has 0 saturated carbocycles. The summed E-state index contributed by atoms with van der Waals surface area (Å²) in [6.07, 6.45) is 7.13. The minimum absolute atomic E-state index is 0.00593. The molecule has 1 fully saturated rings. The summed E-state index contributed by atoms with van der Waals surface area (Å²) in [6.45, 7) is 3.32. The third-order valence-corrected chi connectivity index (χ3v) is 5.22. The van der Waals surface area contributed by atoms with E-state index in [4.69, 9.17) is 0 Å². The molecule has 0 bridgehead atoms. The molecule has 1 saturated heterocycles. The standard InChI is InChI=1S/C18H23N3OS/c1-2-15-6-3-4-10-21(15)17-9-8-14(13-19-17)20-18(22)12-16-7-5-11-23-16/h5,7-9,11,13,15H,2-4,6,10,12H2,1H3,(H,20,22). The Labute approximate surface area is 141 Å². The SMILES string of the molecule is CCC1CCCCN1c1ccc(NC(=O)Cc2cccs2)cn1. The molecular formula is C18H23N3OS. The molecule has 1 amide bonds. The van der Waals surface area contributed by atoms with Gasteiger partial charge in [0.1, 0.15) is 5.82 Å². The molecule has 3 heterocycles. The Morgan fingerprint density at radius 1 is 1.39 bits per heavy atom. The molecule has 0 aromatic carbocycles. The summed E-state index contributed by atoms with van der Waals surface area (Å²) in [6, 6.07) is 8.51. The average molecular weight is 329 g/mol. The largest absolute Gasteiger partial charge is 0.354 e. The van der Waals surface area contributed by atoms with Crippen molar-refractivity contribution >= 4 is 28.7 Å². The van der Waals surface area contributed by atoms with Gasteiger partial charge in [0.15, 0.2) is 0 Å². The van der Waals surface area contributed by atoms with Crippen molar-refractivity contribution in [1.82, 2.24) is 4.98 Å². The molecule has 0 radical (unpaired) electrons. The fourth-order valence-electron chi connectivity index (χ4n) is 3.13. The van der Waals surface area contributed by atoms with Crippen LogP contribution in [-0.2, 0) is 11.2 Å². The van der Waals surface area contributed by atoms with Gasteiger partial charge in [-0.2, -0.15) is 0 Å². The number of piperidine rings is 1. The van der Waals surface area contributed by atoms with E-state index in [0.717, 1.165) is 29.3 Å². The van der Waals surface area contributed by atoms with Gasteiger partial charge in [-0.3, -0.25) is 4.79 Å². The summed E-state index contributed by atoms with van der Waals surface area (Å²) in [5.74, 6) is 1.03. The number of nitrogens with one attached hydrogen (secondary N) is 1. The van der Waals surface area contributed by atoms with Crippen LogP contribution in [0.1, 0.15) is 37.5 Å². The lowest BCUT2D eigenvalue weighted by molar-refractivity contribution is -0.115. The number of thiophene rings is 1. The molecule has 0 spiro atoms. The number of nitrogens with zero attached hydrogens (tertiary/aromatic N) is 2. The predicted octanol–water partition coefficient (Wildman–Crippen LogP) is 4.09. The van der Waals surface area contributed by atoms with Gasteiger partial charge in [-0.25, -0.2) is 4.98 Å². The molecule has 1 unspecified atom stereocenters. The number of aromatic nitrogens is 1. The number of pyridine rings is 1. The Bertz CT molecular complexity index is 624. The lowest BCUT2D eigenvalue weighted by Gasteiger charge is -2.36. The van der Waals surface area contributed by atoms with Crippen molar-refractivity contribution in [2.75, 3.05) is 16.8 Å². The second-order valence-electron chi connectivity index (χ2n) is 5.96. The van der Waals surface area contributed by atoms with Crippen molar-refractivity contribution in [1.29, 1.82) is 0 Å². The molecule has 3 rings (SSSR count). The van der Waals surface area contributed by atoms with E-state index < -0.39 is 0 Å². The molecule has 1 aliphatic heterocycles. The van der Waals surface area contributed by atoms with Gasteiger partial charge in [0.25, 0.3) is 0 Å². The first-order valence-electron chi connectivity index (χ1n) is 8.31. The van der Waals surface area contributed by atoms with E-state index in [1.54, 1.807) is 17.5 Å². The Hall–Kier alpha value is -1.88. The quantitative estimate of drug-likeness (QED) is 0.898. The molecule has 1 atom stereocenters. The van der Waals surface area contributed by atoms with Crippen LogP contribution in [0.4, 0.5) is 11.5 Å². The molecule has 1 aliphatic rings. The van der Waals surface area contributed by atoms with E-state index in [1.807, 2.05) is 29.6 Å². The third kappa shape index (κ3) is 4.10. The summed E-state index contributed by atoms with van der Waals surface area (Å²) >= 11 is 1.60. The van der Waals surface area contributed by atoms with Crippen molar-refractivity contribution in [3.63, 3.8) is 0 Å². The first-order valence-corrected chi connectivity index (χ1v) is 9.19. The minimum Gasteiger partial charge on any atom is -0.354 e. The summed E-state index contributed by atoms with van der Waals surface area (Å²) < 4.78 is 0. The topological polar surface area (TPSA) is 45.2 Å². The van der Waals surface area contributed by atoms with Crippen molar-refractivity contribution in [2.24, 2.45) is 0 Å². The van der Waals surface area contributed by atoms with E-state index in [9.17, 15) is 4.79 Å². The zero-order valence-corrected chi connectivity index (χ0v) is 14.3. The summed E-state index contributed by atoms with van der Waals surface area (Å²) in [5.41, 5.74) is 0.764. The molecule has 2 aromatic heterocycles. The van der Waals surface area contributed by atoms with Gasteiger partial charge >= 0.3 is 0 Å². The zero-order valence-electron chi connectivity index (χ0n) is 13.5. The highest BCUT2D eigenvalue weighted by Crippen LogP contribution is 2.25. The van der Waals surface area contributed by atoms with Crippen LogP contribution in [0.25, 0.3) is 0 Å². The molecule has 2 aromatic rings. The van der Waals surface area contributed by atoms with Crippen LogP contribution in [0.5, 0.6) is 0 Å². The number of carbonyl (C=O) groups excluding carboxylic acids is 1. The Kier molecular flexibility index (Phi) is 5.28. The Morgan fingerprint density at radius 3 is 3.00 bits per heavy atom. The van der Waals surface area contributed by atoms with Gasteiger partial charge in [-0.1, -0.05) is 13.0 Å². The second-order valence-corrected chi connectivity index (χ2v) is 6.99. The van der Waals surface area contributed by atoms with Gasteiger partial charge in [-0.05, 0) is 49.3 Å². The molecule has 23 heavy (non-hydrogen) atoms. The fourth-order valence-corrected chi connectivity index (χ4v) is 3.84. The lowest BCUT2D eigenvalue weighted by atomic mass is 10.00. The number of carbonyl (C=O) groups is 1. The Morgan fingerprint density at radius 2 is 2.30 bits per heavy atom. The first kappa shape index (κ1) is 16.0. The van der Waals surface area contributed by atoms with Crippen LogP contribution < -0.4 is 10.2 Å². The summed E-state index contributed by atoms with van der Waals surface area (Å²) in [5, 5.41) is 4.91. The highest BCUT2D eigenvalue weighted by Gasteiger charge is 2.21. The molecule has 4 nitrogen and oxygen atoms in total. The summed E-state index contributed by atoms with van der Waals surface area (Å²) in [7, 11) is 0. The molecular weight excluding hydrogens is 306 g/mol. The van der Waals surface area contributed by atoms with Gasteiger partial charge in [0.05, 0.1) is 18.3 Å². The smallest absolute Gasteiger partial charge is 0.229 e. The maximum Gasteiger partial charge on any atom is 0.229 e. The maximum absolute atomic E-state index is 12.0. The normalized spacial score (nSPS) is 18.0. The molecule has 0 aliphatic carbocycles. The number of hydrogen-bond donors (Lipinski definition) is 1. The second kappa shape index (κ2) is 7.59. The van der Waals surface area contributed by atoms with Crippen LogP contribution in [-0.4, -0.2) is 23.5 Å². The van der Waals surface area contributed by atoms with E-state index >= 15 is 0 Å². The van der Waals surface area contributed by atoms with Crippen molar-refractivity contribution in [2.45, 2.75) is 45.1 Å². The van der Waals surface area contributed by atoms with Crippen LogP contribution in [0.3, 0.4) is 0 Å². The van der Waals surface area contributed by atoms with Gasteiger partial charge in [-0.15, -0.1) is 11.3 Å². The van der Waals surface area contributed by atoms with Gasteiger partial charge in [0, 0.05) is 17.5 Å². The van der Waals surface area contributed by atoms with E-state index in [2.05, 4.69) is 22.1 Å². The highest BCUT2D eigenvalue weighted by atomic mass is 32.1. The number of hydrogen-bond acceptors (Lipinski definition) is 4.